The van der Waals surface area contributed by atoms with Crippen molar-refractivity contribution in [3.8, 4) is 5.75 Å². The first kappa shape index (κ1) is 10.9. The van der Waals surface area contributed by atoms with Crippen LogP contribution in [0.15, 0.2) is 30.5 Å². The lowest BCUT2D eigenvalue weighted by atomic mass is 10.0. The van der Waals surface area contributed by atoms with E-state index >= 15 is 0 Å². The monoisotopic (exact) mass is 235 g/mol. The number of alkyl halides is 1. The van der Waals surface area contributed by atoms with Crippen LogP contribution in [0.4, 0.5) is 0 Å². The second-order valence-electron chi connectivity index (χ2n) is 3.55. The predicted octanol–water partition coefficient (Wildman–Crippen LogP) is 2.81. The Balaban J connectivity index is 2.72. The lowest BCUT2D eigenvalue weighted by Gasteiger charge is -2.10. The molecule has 4 heteroatoms. The molecule has 0 bridgehead atoms. The molecule has 82 valence electrons. The molecule has 1 aromatic carbocycles. The number of aromatic nitrogens is 1. The molecular weight excluding hydrogens is 226 g/mol. The number of fused-ring (bicyclic) bond motifs is 1. The molecule has 1 heterocycles. The maximum atomic E-state index is 11.3. The van der Waals surface area contributed by atoms with E-state index in [0.717, 1.165) is 0 Å². The van der Waals surface area contributed by atoms with Crippen molar-refractivity contribution in [2.75, 3.05) is 0 Å². The second-order valence-corrected chi connectivity index (χ2v) is 3.98. The maximum Gasteiger partial charge on any atom is 0.152 e. The molecular formula is C12H10ClNO2. The van der Waals surface area contributed by atoms with Crippen molar-refractivity contribution in [1.29, 1.82) is 0 Å². The van der Waals surface area contributed by atoms with E-state index in [2.05, 4.69) is 4.98 Å². The zero-order chi connectivity index (χ0) is 11.7. The summed E-state index contributed by atoms with van der Waals surface area (Å²) in [5.41, 5.74) is 1.14. The topological polar surface area (TPSA) is 50.2 Å². The third-order valence-corrected chi connectivity index (χ3v) is 2.95. The number of aromatic hydroxyl groups is 1. The number of hydrogen-bond donors (Lipinski definition) is 1. The van der Waals surface area contributed by atoms with Gasteiger partial charge in [-0.3, -0.25) is 9.78 Å². The number of benzene rings is 1. The highest BCUT2D eigenvalue weighted by atomic mass is 35.5. The van der Waals surface area contributed by atoms with E-state index in [1.54, 1.807) is 24.4 Å². The molecule has 0 amide bonds. The lowest BCUT2D eigenvalue weighted by molar-refractivity contribution is -0.116. The largest absolute Gasteiger partial charge is 0.506 e. The van der Waals surface area contributed by atoms with E-state index in [1.165, 1.54) is 13.0 Å². The minimum atomic E-state index is -0.702. The van der Waals surface area contributed by atoms with Crippen molar-refractivity contribution in [3.63, 3.8) is 0 Å². The number of pyridine rings is 1. The van der Waals surface area contributed by atoms with Gasteiger partial charge in [-0.25, -0.2) is 0 Å². The molecule has 0 aliphatic rings. The van der Waals surface area contributed by atoms with Gasteiger partial charge in [-0.15, -0.1) is 11.6 Å². The summed E-state index contributed by atoms with van der Waals surface area (Å²) in [4.78, 5) is 15.3. The van der Waals surface area contributed by atoms with E-state index in [-0.39, 0.29) is 11.5 Å². The van der Waals surface area contributed by atoms with Crippen LogP contribution in [0.2, 0.25) is 0 Å². The molecule has 0 spiro atoms. The van der Waals surface area contributed by atoms with Crippen molar-refractivity contribution >= 4 is 28.3 Å². The Labute approximate surface area is 97.7 Å². The SMILES string of the molecule is CC(=O)C(Cl)c1ccc(O)c2ncccc12. The van der Waals surface area contributed by atoms with E-state index in [0.29, 0.717) is 16.5 Å². The Kier molecular flexibility index (Phi) is 2.79. The molecule has 1 atom stereocenters. The highest BCUT2D eigenvalue weighted by molar-refractivity contribution is 6.31. The highest BCUT2D eigenvalue weighted by Crippen LogP contribution is 2.32. The van der Waals surface area contributed by atoms with Crippen LogP contribution in [-0.4, -0.2) is 15.9 Å². The van der Waals surface area contributed by atoms with Gasteiger partial charge in [-0.2, -0.15) is 0 Å². The Morgan fingerprint density at radius 3 is 2.88 bits per heavy atom. The molecule has 0 aliphatic carbocycles. The van der Waals surface area contributed by atoms with Gasteiger partial charge in [-0.05, 0) is 24.6 Å². The first-order valence-electron chi connectivity index (χ1n) is 4.82. The van der Waals surface area contributed by atoms with Gasteiger partial charge in [0.05, 0.1) is 0 Å². The second kappa shape index (κ2) is 4.10. The van der Waals surface area contributed by atoms with Crippen LogP contribution in [0.5, 0.6) is 5.75 Å². The molecule has 0 aliphatic heterocycles. The normalized spacial score (nSPS) is 12.6. The molecule has 2 rings (SSSR count). The molecule has 0 saturated heterocycles. The fourth-order valence-corrected chi connectivity index (χ4v) is 1.81. The number of carbonyl (C=O) groups is 1. The molecule has 1 N–H and O–H groups in total. The summed E-state index contributed by atoms with van der Waals surface area (Å²) in [5, 5.41) is 9.63. The Hall–Kier alpha value is -1.61. The molecule has 1 aromatic heterocycles. The zero-order valence-electron chi connectivity index (χ0n) is 8.64. The van der Waals surface area contributed by atoms with Crippen LogP contribution in [0.25, 0.3) is 10.9 Å². The molecule has 3 nitrogen and oxygen atoms in total. The van der Waals surface area contributed by atoms with Gasteiger partial charge in [-0.1, -0.05) is 12.1 Å². The highest BCUT2D eigenvalue weighted by Gasteiger charge is 2.17. The fraction of sp³-hybridized carbons (Fsp3) is 0.167. The fourth-order valence-electron chi connectivity index (χ4n) is 1.62. The van der Waals surface area contributed by atoms with Crippen LogP contribution in [-0.2, 0) is 4.79 Å². The smallest absolute Gasteiger partial charge is 0.152 e. The van der Waals surface area contributed by atoms with Crippen LogP contribution < -0.4 is 0 Å². The van der Waals surface area contributed by atoms with Gasteiger partial charge in [0.1, 0.15) is 16.6 Å². The summed E-state index contributed by atoms with van der Waals surface area (Å²) in [6.07, 6.45) is 1.59. The summed E-state index contributed by atoms with van der Waals surface area (Å²) in [6.45, 7) is 1.44. The Bertz CT molecular complexity index is 554. The zero-order valence-corrected chi connectivity index (χ0v) is 9.40. The number of phenolic OH excluding ortho intramolecular Hbond substituents is 1. The van der Waals surface area contributed by atoms with Gasteiger partial charge in [0.2, 0.25) is 0 Å². The Morgan fingerprint density at radius 2 is 2.19 bits per heavy atom. The van der Waals surface area contributed by atoms with Crippen LogP contribution in [0.3, 0.4) is 0 Å². The van der Waals surface area contributed by atoms with Crippen LogP contribution >= 0.6 is 11.6 Å². The predicted molar refractivity (Wildman–Crippen MR) is 62.7 cm³/mol. The summed E-state index contributed by atoms with van der Waals surface area (Å²) in [6, 6.07) is 6.69. The number of nitrogens with zero attached hydrogens (tertiary/aromatic N) is 1. The summed E-state index contributed by atoms with van der Waals surface area (Å²) in [7, 11) is 0. The first-order chi connectivity index (χ1) is 7.61. The van der Waals surface area contributed by atoms with Crippen molar-refractivity contribution in [2.45, 2.75) is 12.3 Å². The quantitative estimate of drug-likeness (QED) is 0.815. The first-order valence-corrected chi connectivity index (χ1v) is 5.26. The number of rotatable bonds is 2. The minimum Gasteiger partial charge on any atom is -0.506 e. The average molecular weight is 236 g/mol. The number of carbonyl (C=O) groups excluding carboxylic acids is 1. The number of ketones is 1. The van der Waals surface area contributed by atoms with E-state index in [4.69, 9.17) is 11.6 Å². The molecule has 16 heavy (non-hydrogen) atoms. The van der Waals surface area contributed by atoms with Gasteiger partial charge < -0.3 is 5.11 Å². The average Bonchev–Trinajstić information content (AvgIpc) is 2.29. The number of hydrogen-bond acceptors (Lipinski definition) is 3. The van der Waals surface area contributed by atoms with Crippen LogP contribution in [0.1, 0.15) is 17.9 Å². The van der Waals surface area contributed by atoms with Crippen molar-refractivity contribution in [2.24, 2.45) is 0 Å². The summed E-state index contributed by atoms with van der Waals surface area (Å²) < 4.78 is 0. The van der Waals surface area contributed by atoms with Crippen molar-refractivity contribution in [1.82, 2.24) is 4.98 Å². The number of halogens is 1. The number of phenols is 1. The van der Waals surface area contributed by atoms with Crippen molar-refractivity contribution in [3.05, 3.63) is 36.0 Å². The van der Waals surface area contributed by atoms with Crippen molar-refractivity contribution < 1.29 is 9.90 Å². The van der Waals surface area contributed by atoms with E-state index < -0.39 is 5.38 Å². The summed E-state index contributed by atoms with van der Waals surface area (Å²) in [5.74, 6) is -0.0377. The third-order valence-electron chi connectivity index (χ3n) is 2.41. The van der Waals surface area contributed by atoms with Gasteiger partial charge >= 0.3 is 0 Å². The van der Waals surface area contributed by atoms with Gasteiger partial charge in [0.15, 0.2) is 5.78 Å². The molecule has 1 unspecified atom stereocenters. The molecule has 0 radical (unpaired) electrons. The molecule has 0 fully saturated rings. The standard InChI is InChI=1S/C12H10ClNO2/c1-7(15)11(13)8-4-5-10(16)12-9(8)3-2-6-14-12/h2-6,11,16H,1H3. The van der Waals surface area contributed by atoms with Gasteiger partial charge in [0.25, 0.3) is 0 Å². The minimum absolute atomic E-state index is 0.0896. The summed E-state index contributed by atoms with van der Waals surface area (Å²) >= 11 is 6.01. The van der Waals surface area contributed by atoms with Gasteiger partial charge in [0, 0.05) is 11.6 Å². The lowest BCUT2D eigenvalue weighted by Crippen LogP contribution is -2.02. The third kappa shape index (κ3) is 1.74. The Morgan fingerprint density at radius 1 is 1.44 bits per heavy atom. The van der Waals surface area contributed by atoms with E-state index in [1.807, 2.05) is 0 Å². The maximum absolute atomic E-state index is 11.3. The van der Waals surface area contributed by atoms with E-state index in [9.17, 15) is 9.90 Å². The molecule has 2 aromatic rings. The number of Topliss-reactive ketones (excluding diaryl/α,β-unsaturated/α-hetero) is 1. The molecule has 0 saturated carbocycles. The van der Waals surface area contributed by atoms with Crippen LogP contribution in [0, 0.1) is 0 Å².